The molecule has 1 heterocycles. The first-order valence-corrected chi connectivity index (χ1v) is 11.3. The van der Waals surface area contributed by atoms with Crippen LogP contribution in [-0.2, 0) is 4.79 Å². The van der Waals surface area contributed by atoms with Gasteiger partial charge in [0.05, 0.1) is 20.1 Å². The van der Waals surface area contributed by atoms with Crippen LogP contribution in [0, 0.1) is 5.92 Å². The van der Waals surface area contributed by atoms with E-state index in [1.54, 1.807) is 6.92 Å². The summed E-state index contributed by atoms with van der Waals surface area (Å²) in [6, 6.07) is 10.4. The maximum Gasteiger partial charge on any atom is 0.254 e. The molecule has 0 radical (unpaired) electrons. The number of piperidine rings is 1. The van der Waals surface area contributed by atoms with E-state index in [0.29, 0.717) is 12.8 Å². The Kier molecular flexibility index (Phi) is 8.53. The quantitative estimate of drug-likeness (QED) is 0.574. The number of hydrogen-bond donors (Lipinski definition) is 1. The molecule has 1 amide bonds. The van der Waals surface area contributed by atoms with Crippen molar-refractivity contribution in [2.75, 3.05) is 33.9 Å². The summed E-state index contributed by atoms with van der Waals surface area (Å²) in [5.74, 6) is 0.942. The Balaban J connectivity index is 0.00000145. The van der Waals surface area contributed by atoms with Crippen molar-refractivity contribution < 1.29 is 19.1 Å². The fourth-order valence-corrected chi connectivity index (χ4v) is 4.61. The van der Waals surface area contributed by atoms with Crippen LogP contribution < -0.4 is 4.74 Å². The lowest BCUT2D eigenvalue weighted by Crippen LogP contribution is -2.58. The smallest absolute Gasteiger partial charge is 0.254 e. The number of benzene rings is 1. The molecule has 1 saturated heterocycles. The highest BCUT2D eigenvalue weighted by Gasteiger charge is 2.44. The number of carbonyl (C=O) groups is 1. The first-order chi connectivity index (χ1) is 13.8. The van der Waals surface area contributed by atoms with Gasteiger partial charge in [-0.25, -0.2) is 0 Å². The molecule has 2 fully saturated rings. The van der Waals surface area contributed by atoms with Crippen LogP contribution in [0.25, 0.3) is 0 Å². The van der Waals surface area contributed by atoms with Crippen LogP contribution in [0.4, 0.5) is 0 Å². The molecule has 1 saturated carbocycles. The summed E-state index contributed by atoms with van der Waals surface area (Å²) < 4.78 is 6.75. The summed E-state index contributed by atoms with van der Waals surface area (Å²) >= 11 is 0. The molecule has 1 unspecified atom stereocenters. The van der Waals surface area contributed by atoms with Gasteiger partial charge in [-0.3, -0.25) is 9.28 Å². The van der Waals surface area contributed by atoms with E-state index in [4.69, 9.17) is 4.74 Å². The number of aliphatic hydroxyl groups is 1. The van der Waals surface area contributed by atoms with E-state index in [2.05, 4.69) is 14.1 Å². The monoisotopic (exact) mass is 405 g/mol. The molecule has 0 spiro atoms. The van der Waals surface area contributed by atoms with Crippen molar-refractivity contribution in [2.24, 2.45) is 5.92 Å². The van der Waals surface area contributed by atoms with Gasteiger partial charge >= 0.3 is 0 Å². The zero-order valence-corrected chi connectivity index (χ0v) is 19.1. The van der Waals surface area contributed by atoms with Crippen LogP contribution in [0.5, 0.6) is 5.75 Å². The van der Waals surface area contributed by atoms with E-state index in [0.717, 1.165) is 61.8 Å². The number of nitrogens with zero attached hydrogens (tertiary/aromatic N) is 2. The maximum absolute atomic E-state index is 12.9. The Labute approximate surface area is 177 Å². The van der Waals surface area contributed by atoms with Crippen LogP contribution >= 0.6 is 0 Å². The molecule has 5 heteroatoms. The minimum atomic E-state index is -1.20. The van der Waals surface area contributed by atoms with Gasteiger partial charge in [0.2, 0.25) is 6.73 Å². The van der Waals surface area contributed by atoms with Gasteiger partial charge < -0.3 is 14.7 Å². The molecule has 1 N–H and O–H groups in total. The Bertz CT molecular complexity index is 616. The fraction of sp³-hybridized carbons (Fsp3) is 0.708. The second kappa shape index (κ2) is 10.4. The molecule has 0 bridgehead atoms. The second-order valence-corrected chi connectivity index (χ2v) is 9.02. The van der Waals surface area contributed by atoms with Crippen molar-refractivity contribution in [3.63, 3.8) is 0 Å². The zero-order chi connectivity index (χ0) is 21.5. The lowest BCUT2D eigenvalue weighted by molar-refractivity contribution is -0.930. The van der Waals surface area contributed by atoms with Crippen LogP contribution in [0.2, 0.25) is 0 Å². The highest BCUT2D eigenvalue weighted by Crippen LogP contribution is 2.35. The number of rotatable bonds is 6. The number of para-hydroxylation sites is 1. The third kappa shape index (κ3) is 5.95. The van der Waals surface area contributed by atoms with Gasteiger partial charge in [-0.15, -0.1) is 0 Å². The minimum Gasteiger partial charge on any atom is -0.445 e. The molecule has 1 aromatic rings. The number of quaternary nitrogens is 1. The van der Waals surface area contributed by atoms with E-state index >= 15 is 0 Å². The number of amides is 1. The molecule has 0 aromatic heterocycles. The third-order valence-electron chi connectivity index (χ3n) is 6.63. The number of ether oxygens (including phenoxy) is 1. The molecule has 1 atom stereocenters. The minimum absolute atomic E-state index is 0.0707. The van der Waals surface area contributed by atoms with Crippen molar-refractivity contribution >= 4 is 5.91 Å². The molecule has 164 valence electrons. The third-order valence-corrected chi connectivity index (χ3v) is 6.63. The molecule has 3 rings (SSSR count). The standard InChI is InChI=1S/C22H35N2O3.C2H6/c1-22(26,18-9-7-8-10-18)21(25)23-15-13-19(14-16-23)24(2,3)17-27-20-11-5-4-6-12-20;1-2/h4-6,11-12,18-19,26H,7-10,13-17H2,1-3H3;1-2H3/q+1;. The summed E-state index contributed by atoms with van der Waals surface area (Å²) in [4.78, 5) is 14.8. The normalized spacial score (nSPS) is 20.6. The van der Waals surface area contributed by atoms with E-state index in [1.807, 2.05) is 49.1 Å². The summed E-state index contributed by atoms with van der Waals surface area (Å²) in [6.45, 7) is 7.78. The lowest BCUT2D eigenvalue weighted by atomic mass is 9.85. The Morgan fingerprint density at radius 2 is 1.66 bits per heavy atom. The number of carbonyl (C=O) groups excluding carboxylic acids is 1. The predicted molar refractivity (Wildman–Crippen MR) is 118 cm³/mol. The molecule has 1 aliphatic heterocycles. The van der Waals surface area contributed by atoms with Crippen molar-refractivity contribution in [2.45, 2.75) is 70.9 Å². The number of likely N-dealkylation sites (tertiary alicyclic amines) is 1. The van der Waals surface area contributed by atoms with E-state index < -0.39 is 5.60 Å². The zero-order valence-electron chi connectivity index (χ0n) is 19.1. The van der Waals surface area contributed by atoms with Crippen molar-refractivity contribution in [3.8, 4) is 5.75 Å². The average molecular weight is 406 g/mol. The molecular formula is C24H41N2O3+. The SMILES string of the molecule is CC.CC(O)(C(=O)N1CCC([N+](C)(C)COc2ccccc2)CC1)C1CCCC1. The number of hydrogen-bond acceptors (Lipinski definition) is 3. The summed E-state index contributed by atoms with van der Waals surface area (Å²) in [5.41, 5.74) is -1.20. The predicted octanol–water partition coefficient (Wildman–Crippen LogP) is 4.06. The first kappa shape index (κ1) is 23.7. The Morgan fingerprint density at radius 3 is 2.21 bits per heavy atom. The topological polar surface area (TPSA) is 49.8 Å². The van der Waals surface area contributed by atoms with Crippen LogP contribution in [-0.4, -0.2) is 66.0 Å². The van der Waals surface area contributed by atoms with Gasteiger partial charge in [0, 0.05) is 25.9 Å². The van der Waals surface area contributed by atoms with Gasteiger partial charge in [0.1, 0.15) is 11.4 Å². The van der Waals surface area contributed by atoms with Gasteiger partial charge in [-0.1, -0.05) is 44.9 Å². The van der Waals surface area contributed by atoms with Gasteiger partial charge in [-0.2, -0.15) is 0 Å². The Hall–Kier alpha value is -1.59. The van der Waals surface area contributed by atoms with Crippen LogP contribution in [0.1, 0.15) is 59.3 Å². The Morgan fingerprint density at radius 1 is 1.10 bits per heavy atom. The van der Waals surface area contributed by atoms with Gasteiger partial charge in [-0.05, 0) is 37.8 Å². The van der Waals surface area contributed by atoms with E-state index in [-0.39, 0.29) is 11.8 Å². The lowest BCUT2D eigenvalue weighted by Gasteiger charge is -2.43. The molecule has 2 aliphatic rings. The molecule has 29 heavy (non-hydrogen) atoms. The van der Waals surface area contributed by atoms with Gasteiger partial charge in [0.15, 0.2) is 0 Å². The summed E-state index contributed by atoms with van der Waals surface area (Å²) in [6.07, 6.45) is 6.08. The molecule has 1 aromatic carbocycles. The van der Waals surface area contributed by atoms with Crippen LogP contribution in [0.15, 0.2) is 30.3 Å². The fourth-order valence-electron chi connectivity index (χ4n) is 4.61. The molecule has 5 nitrogen and oxygen atoms in total. The summed E-state index contributed by atoms with van der Waals surface area (Å²) in [7, 11) is 4.39. The maximum atomic E-state index is 12.9. The highest BCUT2D eigenvalue weighted by atomic mass is 16.5. The van der Waals surface area contributed by atoms with Gasteiger partial charge in [0.25, 0.3) is 5.91 Å². The highest BCUT2D eigenvalue weighted by molar-refractivity contribution is 5.85. The first-order valence-electron chi connectivity index (χ1n) is 11.3. The van der Waals surface area contributed by atoms with Crippen molar-refractivity contribution in [1.82, 2.24) is 4.90 Å². The molecular weight excluding hydrogens is 364 g/mol. The van der Waals surface area contributed by atoms with Crippen molar-refractivity contribution in [1.29, 1.82) is 0 Å². The molecule has 1 aliphatic carbocycles. The van der Waals surface area contributed by atoms with Crippen molar-refractivity contribution in [3.05, 3.63) is 30.3 Å². The van der Waals surface area contributed by atoms with Crippen LogP contribution in [0.3, 0.4) is 0 Å². The second-order valence-electron chi connectivity index (χ2n) is 9.02. The van der Waals surface area contributed by atoms with E-state index in [1.165, 1.54) is 0 Å². The van der Waals surface area contributed by atoms with E-state index in [9.17, 15) is 9.90 Å². The summed E-state index contributed by atoms with van der Waals surface area (Å²) in [5, 5.41) is 10.9. The average Bonchev–Trinajstić information content (AvgIpc) is 3.30. The largest absolute Gasteiger partial charge is 0.445 e.